The standard InChI is InChI=1S/C17H13NO2/c19-13-8-5-12(6-9-13)17-15-10-7-11-3-1-2-4-14(11)16(15)18-20-17/h1-6,8-9,19H,7,10H2. The Balaban J connectivity index is 1.87. The number of fused-ring (bicyclic) bond motifs is 3. The molecule has 98 valence electrons. The lowest BCUT2D eigenvalue weighted by atomic mass is 9.88. The van der Waals surface area contributed by atoms with E-state index in [4.69, 9.17) is 4.52 Å². The van der Waals surface area contributed by atoms with Gasteiger partial charge in [-0.1, -0.05) is 29.4 Å². The second kappa shape index (κ2) is 4.23. The first-order valence-corrected chi connectivity index (χ1v) is 6.69. The molecule has 1 heterocycles. The second-order valence-electron chi connectivity index (χ2n) is 5.04. The molecule has 0 spiro atoms. The number of phenols is 1. The first kappa shape index (κ1) is 11.3. The van der Waals surface area contributed by atoms with E-state index in [1.54, 1.807) is 12.1 Å². The lowest BCUT2D eigenvalue weighted by Crippen LogP contribution is -2.02. The number of aryl methyl sites for hydroxylation is 1. The van der Waals surface area contributed by atoms with Crippen molar-refractivity contribution in [3.63, 3.8) is 0 Å². The van der Waals surface area contributed by atoms with Gasteiger partial charge in [0.15, 0.2) is 5.76 Å². The number of rotatable bonds is 1. The molecule has 1 aromatic heterocycles. The van der Waals surface area contributed by atoms with Crippen molar-refractivity contribution in [3.8, 4) is 28.3 Å². The van der Waals surface area contributed by atoms with Gasteiger partial charge in [-0.05, 0) is 42.7 Å². The third-order valence-electron chi connectivity index (χ3n) is 3.83. The van der Waals surface area contributed by atoms with Crippen LogP contribution in [0, 0.1) is 0 Å². The van der Waals surface area contributed by atoms with E-state index in [9.17, 15) is 5.11 Å². The Labute approximate surface area is 116 Å². The molecule has 0 aliphatic heterocycles. The Morgan fingerprint density at radius 2 is 1.75 bits per heavy atom. The largest absolute Gasteiger partial charge is 0.508 e. The summed E-state index contributed by atoms with van der Waals surface area (Å²) in [6.45, 7) is 0. The summed E-state index contributed by atoms with van der Waals surface area (Å²) in [5.74, 6) is 1.07. The quantitative estimate of drug-likeness (QED) is 0.726. The monoisotopic (exact) mass is 263 g/mol. The first-order chi connectivity index (χ1) is 9.83. The molecule has 1 N–H and O–H groups in total. The van der Waals surface area contributed by atoms with Gasteiger partial charge in [0.05, 0.1) is 0 Å². The highest BCUT2D eigenvalue weighted by atomic mass is 16.5. The van der Waals surface area contributed by atoms with E-state index in [1.165, 1.54) is 11.1 Å². The molecule has 4 rings (SSSR count). The Bertz CT molecular complexity index is 772. The molecule has 1 aliphatic carbocycles. The summed E-state index contributed by atoms with van der Waals surface area (Å²) in [6.07, 6.45) is 1.95. The number of aromatic nitrogens is 1. The van der Waals surface area contributed by atoms with Gasteiger partial charge in [-0.15, -0.1) is 0 Å². The highest BCUT2D eigenvalue weighted by Gasteiger charge is 2.24. The molecular formula is C17H13NO2. The van der Waals surface area contributed by atoms with E-state index in [2.05, 4.69) is 23.4 Å². The fourth-order valence-corrected chi connectivity index (χ4v) is 2.82. The van der Waals surface area contributed by atoms with E-state index >= 15 is 0 Å². The van der Waals surface area contributed by atoms with Crippen molar-refractivity contribution in [2.45, 2.75) is 12.8 Å². The van der Waals surface area contributed by atoms with Crippen molar-refractivity contribution in [1.82, 2.24) is 5.16 Å². The predicted molar refractivity (Wildman–Crippen MR) is 76.4 cm³/mol. The van der Waals surface area contributed by atoms with Gasteiger partial charge in [0.1, 0.15) is 11.4 Å². The Hall–Kier alpha value is -2.55. The average molecular weight is 263 g/mol. The molecule has 3 nitrogen and oxygen atoms in total. The van der Waals surface area contributed by atoms with E-state index in [-0.39, 0.29) is 5.75 Å². The summed E-state index contributed by atoms with van der Waals surface area (Å²) in [6, 6.07) is 15.4. The van der Waals surface area contributed by atoms with Gasteiger partial charge in [0, 0.05) is 16.7 Å². The zero-order valence-corrected chi connectivity index (χ0v) is 10.8. The minimum Gasteiger partial charge on any atom is -0.508 e. The van der Waals surface area contributed by atoms with Gasteiger partial charge in [0.2, 0.25) is 0 Å². The number of benzene rings is 2. The Kier molecular flexibility index (Phi) is 2.39. The molecule has 1 aliphatic rings. The summed E-state index contributed by atoms with van der Waals surface area (Å²) >= 11 is 0. The molecule has 0 fully saturated rings. The molecular weight excluding hydrogens is 250 g/mol. The zero-order chi connectivity index (χ0) is 13.5. The molecule has 0 unspecified atom stereocenters. The first-order valence-electron chi connectivity index (χ1n) is 6.69. The van der Waals surface area contributed by atoms with Crippen LogP contribution in [0.15, 0.2) is 53.1 Å². The van der Waals surface area contributed by atoms with Crippen molar-refractivity contribution in [2.24, 2.45) is 0 Å². The summed E-state index contributed by atoms with van der Waals surface area (Å²) in [5.41, 5.74) is 5.56. The lowest BCUT2D eigenvalue weighted by Gasteiger charge is -2.14. The van der Waals surface area contributed by atoms with Crippen LogP contribution in [0.5, 0.6) is 5.75 Å². The van der Waals surface area contributed by atoms with Gasteiger partial charge in [-0.2, -0.15) is 0 Å². The van der Waals surface area contributed by atoms with E-state index in [0.29, 0.717) is 0 Å². The van der Waals surface area contributed by atoms with Crippen molar-refractivity contribution in [3.05, 3.63) is 59.7 Å². The SMILES string of the molecule is Oc1ccc(-c2onc3c2CCc2ccccc2-3)cc1. The van der Waals surface area contributed by atoms with E-state index in [1.807, 2.05) is 18.2 Å². The van der Waals surface area contributed by atoms with Crippen LogP contribution >= 0.6 is 0 Å². The number of aromatic hydroxyl groups is 1. The molecule has 3 heteroatoms. The van der Waals surface area contributed by atoms with Crippen LogP contribution in [0.2, 0.25) is 0 Å². The maximum Gasteiger partial charge on any atom is 0.170 e. The van der Waals surface area contributed by atoms with Crippen LogP contribution in [0.4, 0.5) is 0 Å². The van der Waals surface area contributed by atoms with Gasteiger partial charge < -0.3 is 9.63 Å². The number of hydrogen-bond donors (Lipinski definition) is 1. The van der Waals surface area contributed by atoms with Crippen LogP contribution in [-0.2, 0) is 12.8 Å². The zero-order valence-electron chi connectivity index (χ0n) is 10.8. The van der Waals surface area contributed by atoms with Gasteiger partial charge >= 0.3 is 0 Å². The minimum atomic E-state index is 0.257. The van der Waals surface area contributed by atoms with E-state index in [0.717, 1.165) is 35.4 Å². The Morgan fingerprint density at radius 3 is 2.60 bits per heavy atom. The number of phenolic OH excluding ortho intramolecular Hbond substituents is 1. The second-order valence-corrected chi connectivity index (χ2v) is 5.04. The van der Waals surface area contributed by atoms with E-state index < -0.39 is 0 Å². The van der Waals surface area contributed by atoms with Crippen molar-refractivity contribution in [2.75, 3.05) is 0 Å². The fraction of sp³-hybridized carbons (Fsp3) is 0.118. The summed E-state index contributed by atoms with van der Waals surface area (Å²) in [5, 5.41) is 13.6. The van der Waals surface area contributed by atoms with Crippen molar-refractivity contribution >= 4 is 0 Å². The summed E-state index contributed by atoms with van der Waals surface area (Å²) < 4.78 is 5.57. The third kappa shape index (κ3) is 1.63. The highest BCUT2D eigenvalue weighted by molar-refractivity contribution is 5.76. The third-order valence-corrected chi connectivity index (χ3v) is 3.83. The molecule has 20 heavy (non-hydrogen) atoms. The smallest absolute Gasteiger partial charge is 0.170 e. The van der Waals surface area contributed by atoms with Crippen LogP contribution < -0.4 is 0 Å². The molecule has 0 bridgehead atoms. The molecule has 0 radical (unpaired) electrons. The molecule has 3 aromatic rings. The maximum absolute atomic E-state index is 9.38. The van der Waals surface area contributed by atoms with Crippen molar-refractivity contribution < 1.29 is 9.63 Å². The van der Waals surface area contributed by atoms with Crippen LogP contribution in [0.25, 0.3) is 22.6 Å². The maximum atomic E-state index is 9.38. The predicted octanol–water partition coefficient (Wildman–Crippen LogP) is 3.81. The molecule has 0 saturated heterocycles. The molecule has 2 aromatic carbocycles. The topological polar surface area (TPSA) is 46.3 Å². The number of nitrogens with zero attached hydrogens (tertiary/aromatic N) is 1. The van der Waals surface area contributed by atoms with Crippen LogP contribution in [0.3, 0.4) is 0 Å². The number of hydrogen-bond acceptors (Lipinski definition) is 3. The minimum absolute atomic E-state index is 0.257. The van der Waals surface area contributed by atoms with Gasteiger partial charge in [0.25, 0.3) is 0 Å². The van der Waals surface area contributed by atoms with Gasteiger partial charge in [-0.25, -0.2) is 0 Å². The van der Waals surface area contributed by atoms with Crippen molar-refractivity contribution in [1.29, 1.82) is 0 Å². The van der Waals surface area contributed by atoms with Crippen LogP contribution in [0.1, 0.15) is 11.1 Å². The molecule has 0 amide bonds. The summed E-state index contributed by atoms with van der Waals surface area (Å²) in [7, 11) is 0. The molecule has 0 atom stereocenters. The average Bonchev–Trinajstić information content (AvgIpc) is 2.92. The highest BCUT2D eigenvalue weighted by Crippen LogP contribution is 2.38. The van der Waals surface area contributed by atoms with Gasteiger partial charge in [-0.3, -0.25) is 0 Å². The fourth-order valence-electron chi connectivity index (χ4n) is 2.82. The lowest BCUT2D eigenvalue weighted by molar-refractivity contribution is 0.434. The molecule has 0 saturated carbocycles. The summed E-state index contributed by atoms with van der Waals surface area (Å²) in [4.78, 5) is 0. The Morgan fingerprint density at radius 1 is 0.950 bits per heavy atom. The normalized spacial score (nSPS) is 12.8. The van der Waals surface area contributed by atoms with Crippen LogP contribution in [-0.4, -0.2) is 10.3 Å².